The third kappa shape index (κ3) is 1.88. The first-order valence-electron chi connectivity index (χ1n) is 5.20. The molecule has 0 unspecified atom stereocenters. The predicted molar refractivity (Wildman–Crippen MR) is 64.1 cm³/mol. The van der Waals surface area contributed by atoms with E-state index in [1.165, 1.54) is 27.5 Å². The van der Waals surface area contributed by atoms with Crippen LogP contribution in [0.4, 0.5) is 0 Å². The Morgan fingerprint density at radius 3 is 2.53 bits per heavy atom. The zero-order valence-corrected chi connectivity index (χ0v) is 9.50. The third-order valence-electron chi connectivity index (χ3n) is 2.94. The van der Waals surface area contributed by atoms with Crippen molar-refractivity contribution >= 4 is 10.8 Å². The van der Waals surface area contributed by atoms with E-state index in [4.69, 9.17) is 4.74 Å². The molecule has 0 aliphatic heterocycles. The summed E-state index contributed by atoms with van der Waals surface area (Å²) in [7, 11) is 1.73. The molecule has 0 bridgehead atoms. The van der Waals surface area contributed by atoms with Gasteiger partial charge in [0.05, 0.1) is 6.61 Å². The van der Waals surface area contributed by atoms with Crippen molar-refractivity contribution in [2.75, 3.05) is 7.11 Å². The first-order chi connectivity index (χ1) is 7.22. The van der Waals surface area contributed by atoms with Crippen molar-refractivity contribution in [2.45, 2.75) is 20.5 Å². The number of hydrogen-bond acceptors (Lipinski definition) is 1. The molecule has 0 aliphatic carbocycles. The molecule has 2 aromatic rings. The Bertz CT molecular complexity index is 486. The van der Waals surface area contributed by atoms with E-state index in [0.717, 1.165) is 0 Å². The van der Waals surface area contributed by atoms with E-state index in [-0.39, 0.29) is 0 Å². The molecular weight excluding hydrogens is 184 g/mol. The van der Waals surface area contributed by atoms with Crippen molar-refractivity contribution in [1.82, 2.24) is 0 Å². The van der Waals surface area contributed by atoms with E-state index in [2.05, 4.69) is 44.2 Å². The van der Waals surface area contributed by atoms with Crippen LogP contribution in [0.15, 0.2) is 30.3 Å². The van der Waals surface area contributed by atoms with Crippen LogP contribution >= 0.6 is 0 Å². The van der Waals surface area contributed by atoms with E-state index in [1.54, 1.807) is 7.11 Å². The average Bonchev–Trinajstić information content (AvgIpc) is 2.25. The minimum atomic E-state index is 0.684. The molecule has 0 spiro atoms. The SMILES string of the molecule is COCc1ccc2ccc(C)c(C)c2c1. The standard InChI is InChI=1S/C14H16O/c1-10-4-6-13-7-5-12(9-15-3)8-14(13)11(10)2/h4-8H,9H2,1-3H3. The maximum absolute atomic E-state index is 5.15. The lowest BCUT2D eigenvalue weighted by molar-refractivity contribution is 0.185. The van der Waals surface area contributed by atoms with E-state index in [0.29, 0.717) is 6.61 Å². The highest BCUT2D eigenvalue weighted by Crippen LogP contribution is 2.22. The second-order valence-corrected chi connectivity index (χ2v) is 4.00. The molecule has 1 heteroatoms. The van der Waals surface area contributed by atoms with Gasteiger partial charge in [0.2, 0.25) is 0 Å². The van der Waals surface area contributed by atoms with Gasteiger partial charge >= 0.3 is 0 Å². The molecule has 2 rings (SSSR count). The molecule has 0 saturated carbocycles. The van der Waals surface area contributed by atoms with Crippen LogP contribution in [0.2, 0.25) is 0 Å². The van der Waals surface area contributed by atoms with E-state index in [9.17, 15) is 0 Å². The quantitative estimate of drug-likeness (QED) is 0.719. The van der Waals surface area contributed by atoms with Crippen LogP contribution < -0.4 is 0 Å². The van der Waals surface area contributed by atoms with Gasteiger partial charge in [-0.3, -0.25) is 0 Å². The molecule has 2 aromatic carbocycles. The third-order valence-corrected chi connectivity index (χ3v) is 2.94. The van der Waals surface area contributed by atoms with E-state index in [1.807, 2.05) is 0 Å². The maximum atomic E-state index is 5.15. The van der Waals surface area contributed by atoms with Gasteiger partial charge < -0.3 is 4.74 Å². The lowest BCUT2D eigenvalue weighted by atomic mass is 9.99. The van der Waals surface area contributed by atoms with Crippen LogP contribution in [0, 0.1) is 13.8 Å². The van der Waals surface area contributed by atoms with Crippen molar-refractivity contribution in [2.24, 2.45) is 0 Å². The van der Waals surface area contributed by atoms with Crippen LogP contribution in [0.5, 0.6) is 0 Å². The van der Waals surface area contributed by atoms with Gasteiger partial charge in [-0.15, -0.1) is 0 Å². The van der Waals surface area contributed by atoms with Crippen molar-refractivity contribution in [3.05, 3.63) is 47.0 Å². The summed E-state index contributed by atoms with van der Waals surface area (Å²) >= 11 is 0. The number of rotatable bonds is 2. The number of hydrogen-bond donors (Lipinski definition) is 0. The van der Waals surface area contributed by atoms with E-state index < -0.39 is 0 Å². The molecule has 15 heavy (non-hydrogen) atoms. The molecule has 0 radical (unpaired) electrons. The van der Waals surface area contributed by atoms with Crippen LogP contribution in [-0.4, -0.2) is 7.11 Å². The summed E-state index contributed by atoms with van der Waals surface area (Å²) in [4.78, 5) is 0. The highest BCUT2D eigenvalue weighted by molar-refractivity contribution is 5.87. The molecule has 0 aromatic heterocycles. The van der Waals surface area contributed by atoms with Gasteiger partial charge in [0.15, 0.2) is 0 Å². The number of ether oxygens (including phenoxy) is 1. The van der Waals surface area contributed by atoms with Gasteiger partial charge in [-0.25, -0.2) is 0 Å². The number of methoxy groups -OCH3 is 1. The number of fused-ring (bicyclic) bond motifs is 1. The summed E-state index contributed by atoms with van der Waals surface area (Å²) in [5, 5.41) is 2.64. The minimum Gasteiger partial charge on any atom is -0.380 e. The second-order valence-electron chi connectivity index (χ2n) is 4.00. The molecule has 0 atom stereocenters. The Balaban J connectivity index is 2.63. The summed E-state index contributed by atoms with van der Waals surface area (Å²) in [6.45, 7) is 5.01. The zero-order valence-electron chi connectivity index (χ0n) is 9.50. The Labute approximate surface area is 90.7 Å². The topological polar surface area (TPSA) is 9.23 Å². The fourth-order valence-electron chi connectivity index (χ4n) is 1.88. The predicted octanol–water partition coefficient (Wildman–Crippen LogP) is 3.60. The molecule has 0 saturated heterocycles. The van der Waals surface area contributed by atoms with Crippen molar-refractivity contribution in [3.63, 3.8) is 0 Å². The second kappa shape index (κ2) is 4.03. The number of aryl methyl sites for hydroxylation is 2. The van der Waals surface area contributed by atoms with Crippen LogP contribution in [0.25, 0.3) is 10.8 Å². The van der Waals surface area contributed by atoms with Gasteiger partial charge in [0.25, 0.3) is 0 Å². The highest BCUT2D eigenvalue weighted by Gasteiger charge is 2.01. The fraction of sp³-hybridized carbons (Fsp3) is 0.286. The summed E-state index contributed by atoms with van der Waals surface area (Å²) in [5.74, 6) is 0. The summed E-state index contributed by atoms with van der Waals surface area (Å²) < 4.78 is 5.15. The van der Waals surface area contributed by atoms with Crippen LogP contribution in [0.3, 0.4) is 0 Å². The summed E-state index contributed by atoms with van der Waals surface area (Å²) in [6.07, 6.45) is 0. The minimum absolute atomic E-state index is 0.684. The maximum Gasteiger partial charge on any atom is 0.0713 e. The Kier molecular flexibility index (Phi) is 2.74. The lowest BCUT2D eigenvalue weighted by Crippen LogP contribution is -1.89. The first-order valence-corrected chi connectivity index (χ1v) is 5.20. The van der Waals surface area contributed by atoms with Crippen molar-refractivity contribution in [3.8, 4) is 0 Å². The fourth-order valence-corrected chi connectivity index (χ4v) is 1.88. The van der Waals surface area contributed by atoms with Gasteiger partial charge in [-0.05, 0) is 47.4 Å². The first kappa shape index (κ1) is 10.2. The summed E-state index contributed by atoms with van der Waals surface area (Å²) in [5.41, 5.74) is 3.95. The van der Waals surface area contributed by atoms with Gasteiger partial charge in [0, 0.05) is 7.11 Å². The van der Waals surface area contributed by atoms with E-state index >= 15 is 0 Å². The zero-order chi connectivity index (χ0) is 10.8. The summed E-state index contributed by atoms with van der Waals surface area (Å²) in [6, 6.07) is 10.9. The smallest absolute Gasteiger partial charge is 0.0713 e. The Morgan fingerprint density at radius 1 is 1.07 bits per heavy atom. The average molecular weight is 200 g/mol. The number of benzene rings is 2. The molecular formula is C14H16O. The van der Waals surface area contributed by atoms with Crippen LogP contribution in [-0.2, 0) is 11.3 Å². The normalized spacial score (nSPS) is 10.9. The molecule has 0 N–H and O–H groups in total. The Hall–Kier alpha value is -1.34. The molecule has 0 amide bonds. The Morgan fingerprint density at radius 2 is 1.80 bits per heavy atom. The lowest BCUT2D eigenvalue weighted by Gasteiger charge is -2.07. The molecule has 78 valence electrons. The molecule has 0 fully saturated rings. The van der Waals surface area contributed by atoms with Crippen molar-refractivity contribution < 1.29 is 4.74 Å². The monoisotopic (exact) mass is 200 g/mol. The molecule has 0 aliphatic rings. The van der Waals surface area contributed by atoms with Gasteiger partial charge in [-0.1, -0.05) is 24.3 Å². The highest BCUT2D eigenvalue weighted by atomic mass is 16.5. The molecule has 1 nitrogen and oxygen atoms in total. The molecule has 0 heterocycles. The van der Waals surface area contributed by atoms with Crippen molar-refractivity contribution in [1.29, 1.82) is 0 Å². The van der Waals surface area contributed by atoms with Gasteiger partial charge in [0.1, 0.15) is 0 Å². The largest absolute Gasteiger partial charge is 0.380 e. The van der Waals surface area contributed by atoms with Gasteiger partial charge in [-0.2, -0.15) is 0 Å². The van der Waals surface area contributed by atoms with Crippen LogP contribution in [0.1, 0.15) is 16.7 Å².